The normalized spacial score (nSPS) is 12.4. The van der Waals surface area contributed by atoms with Crippen molar-refractivity contribution in [1.82, 2.24) is 15.0 Å². The van der Waals surface area contributed by atoms with Crippen LogP contribution in [0, 0.1) is 0 Å². The van der Waals surface area contributed by atoms with E-state index in [4.69, 9.17) is 5.73 Å². The summed E-state index contributed by atoms with van der Waals surface area (Å²) < 4.78 is 0. The Bertz CT molecular complexity index is 662. The number of aromatic amines is 1. The van der Waals surface area contributed by atoms with E-state index in [1.165, 1.54) is 0 Å². The van der Waals surface area contributed by atoms with Crippen molar-refractivity contribution in [3.63, 3.8) is 0 Å². The van der Waals surface area contributed by atoms with E-state index in [0.29, 0.717) is 5.65 Å². The summed E-state index contributed by atoms with van der Waals surface area (Å²) >= 11 is 0. The number of unbranched alkanes of at least 4 members (excludes halogenated alkanes) is 1. The molecule has 1 unspecified atom stereocenters. The lowest BCUT2D eigenvalue weighted by atomic mass is 9.89. The van der Waals surface area contributed by atoms with Crippen molar-refractivity contribution in [1.29, 1.82) is 0 Å². The van der Waals surface area contributed by atoms with E-state index in [2.05, 4.69) is 28.5 Å². The number of nitrogen functional groups attached to an aromatic ring is 1. The zero-order valence-corrected chi connectivity index (χ0v) is 11.7. The average molecular weight is 272 g/mol. The standard InChI is InChI=1S/C15H20N4O/c1-3-5-7-10(6-4-2)11-8-13(20)18-14-12(11)9-17-15(16)19-14/h4,8-10H,2-3,5-7H2,1H3,(H3,16,17,18,19,20). The van der Waals surface area contributed by atoms with Crippen molar-refractivity contribution in [3.8, 4) is 0 Å². The van der Waals surface area contributed by atoms with Crippen molar-refractivity contribution in [2.75, 3.05) is 5.73 Å². The van der Waals surface area contributed by atoms with Crippen LogP contribution < -0.4 is 11.3 Å². The second kappa shape index (κ2) is 6.32. The molecule has 2 rings (SSSR count). The molecule has 106 valence electrons. The molecule has 0 aliphatic heterocycles. The molecular formula is C15H20N4O. The van der Waals surface area contributed by atoms with Crippen LogP contribution in [0.3, 0.4) is 0 Å². The van der Waals surface area contributed by atoms with Crippen LogP contribution in [0.4, 0.5) is 5.95 Å². The van der Waals surface area contributed by atoms with Crippen LogP contribution in [0.1, 0.15) is 44.1 Å². The van der Waals surface area contributed by atoms with Gasteiger partial charge in [-0.25, -0.2) is 4.98 Å². The molecule has 2 aromatic rings. The second-order valence-electron chi connectivity index (χ2n) is 4.94. The van der Waals surface area contributed by atoms with Crippen LogP contribution in [0.25, 0.3) is 11.0 Å². The number of nitrogens with one attached hydrogen (secondary N) is 1. The first-order chi connectivity index (χ1) is 9.65. The van der Waals surface area contributed by atoms with Gasteiger partial charge in [0, 0.05) is 17.6 Å². The van der Waals surface area contributed by atoms with Gasteiger partial charge in [0.05, 0.1) is 0 Å². The number of anilines is 1. The Labute approximate surface area is 118 Å². The fourth-order valence-corrected chi connectivity index (χ4v) is 2.46. The molecule has 0 aliphatic carbocycles. The Morgan fingerprint density at radius 2 is 2.35 bits per heavy atom. The van der Waals surface area contributed by atoms with Crippen molar-refractivity contribution in [3.05, 3.63) is 40.8 Å². The van der Waals surface area contributed by atoms with Gasteiger partial charge in [0.25, 0.3) is 0 Å². The maximum atomic E-state index is 11.8. The Morgan fingerprint density at radius 3 is 3.05 bits per heavy atom. The van der Waals surface area contributed by atoms with Gasteiger partial charge in [-0.15, -0.1) is 6.58 Å². The smallest absolute Gasteiger partial charge is 0.249 e. The lowest BCUT2D eigenvalue weighted by molar-refractivity contribution is 0.592. The van der Waals surface area contributed by atoms with Gasteiger partial charge in [0.2, 0.25) is 11.5 Å². The molecule has 0 fully saturated rings. The zero-order chi connectivity index (χ0) is 14.5. The number of fused-ring (bicyclic) bond motifs is 1. The van der Waals surface area contributed by atoms with Crippen molar-refractivity contribution in [2.24, 2.45) is 0 Å². The van der Waals surface area contributed by atoms with Crippen LogP contribution in [-0.2, 0) is 0 Å². The molecule has 0 amide bonds. The summed E-state index contributed by atoms with van der Waals surface area (Å²) in [5.41, 5.74) is 6.91. The molecule has 0 spiro atoms. The summed E-state index contributed by atoms with van der Waals surface area (Å²) in [6.07, 6.45) is 7.67. The summed E-state index contributed by atoms with van der Waals surface area (Å²) in [5.74, 6) is 0.434. The van der Waals surface area contributed by atoms with E-state index in [-0.39, 0.29) is 17.4 Å². The van der Waals surface area contributed by atoms with Crippen LogP contribution in [0.5, 0.6) is 0 Å². The number of aromatic nitrogens is 3. The highest BCUT2D eigenvalue weighted by Crippen LogP contribution is 2.29. The van der Waals surface area contributed by atoms with E-state index in [1.807, 2.05) is 6.08 Å². The minimum Gasteiger partial charge on any atom is -0.368 e. The summed E-state index contributed by atoms with van der Waals surface area (Å²) in [7, 11) is 0. The van der Waals surface area contributed by atoms with Gasteiger partial charge in [0.15, 0.2) is 0 Å². The monoisotopic (exact) mass is 272 g/mol. The quantitative estimate of drug-likeness (QED) is 0.792. The summed E-state index contributed by atoms with van der Waals surface area (Å²) in [6, 6.07) is 1.64. The highest BCUT2D eigenvalue weighted by atomic mass is 16.1. The molecule has 0 saturated heterocycles. The van der Waals surface area contributed by atoms with Gasteiger partial charge in [-0.2, -0.15) is 4.98 Å². The van der Waals surface area contributed by atoms with Gasteiger partial charge in [0.1, 0.15) is 5.65 Å². The third kappa shape index (κ3) is 3.04. The first-order valence-electron chi connectivity index (χ1n) is 6.92. The highest BCUT2D eigenvalue weighted by Gasteiger charge is 2.15. The molecule has 1 atom stereocenters. The summed E-state index contributed by atoms with van der Waals surface area (Å²) in [5, 5.41) is 0.863. The third-order valence-electron chi connectivity index (χ3n) is 3.44. The SMILES string of the molecule is C=CCC(CCCC)c1cc(=O)[nH]c2nc(N)ncc12. The van der Waals surface area contributed by atoms with E-state index < -0.39 is 0 Å². The molecule has 3 N–H and O–H groups in total. The summed E-state index contributed by atoms with van der Waals surface area (Å²) in [6.45, 7) is 5.97. The first kappa shape index (κ1) is 14.2. The van der Waals surface area contributed by atoms with Gasteiger partial charge in [-0.3, -0.25) is 4.79 Å². The minimum absolute atomic E-state index is 0.156. The highest BCUT2D eigenvalue weighted by molar-refractivity contribution is 5.79. The lowest BCUT2D eigenvalue weighted by Crippen LogP contribution is -2.11. The number of pyridine rings is 1. The van der Waals surface area contributed by atoms with Crippen LogP contribution in [0.15, 0.2) is 29.7 Å². The number of nitrogens with two attached hydrogens (primary N) is 1. The first-order valence-corrected chi connectivity index (χ1v) is 6.92. The van der Waals surface area contributed by atoms with Gasteiger partial charge in [-0.1, -0.05) is 25.8 Å². The zero-order valence-electron chi connectivity index (χ0n) is 11.7. The van der Waals surface area contributed by atoms with Crippen molar-refractivity contribution >= 4 is 17.0 Å². The fraction of sp³-hybridized carbons (Fsp3) is 0.400. The maximum Gasteiger partial charge on any atom is 0.249 e. The molecule has 5 nitrogen and oxygen atoms in total. The van der Waals surface area contributed by atoms with E-state index >= 15 is 0 Å². The third-order valence-corrected chi connectivity index (χ3v) is 3.44. The van der Waals surface area contributed by atoms with Crippen LogP contribution in [0.2, 0.25) is 0 Å². The van der Waals surface area contributed by atoms with Crippen molar-refractivity contribution in [2.45, 2.75) is 38.5 Å². The van der Waals surface area contributed by atoms with E-state index in [0.717, 1.165) is 36.6 Å². The molecule has 5 heteroatoms. The van der Waals surface area contributed by atoms with E-state index in [9.17, 15) is 4.79 Å². The molecule has 2 aromatic heterocycles. The number of rotatable bonds is 6. The Morgan fingerprint density at radius 1 is 1.55 bits per heavy atom. The maximum absolute atomic E-state index is 11.8. The average Bonchev–Trinajstić information content (AvgIpc) is 2.42. The second-order valence-corrected chi connectivity index (χ2v) is 4.94. The predicted molar refractivity (Wildman–Crippen MR) is 81.7 cm³/mol. The molecule has 0 aliphatic rings. The number of hydrogen-bond donors (Lipinski definition) is 2. The molecule has 0 saturated carbocycles. The predicted octanol–water partition coefficient (Wildman–Crippen LogP) is 2.75. The minimum atomic E-state index is -0.156. The fourth-order valence-electron chi connectivity index (χ4n) is 2.46. The topological polar surface area (TPSA) is 84.7 Å². The van der Waals surface area contributed by atoms with Crippen LogP contribution in [-0.4, -0.2) is 15.0 Å². The number of nitrogens with zero attached hydrogens (tertiary/aromatic N) is 2. The molecule has 0 bridgehead atoms. The Kier molecular flexibility index (Phi) is 4.50. The van der Waals surface area contributed by atoms with Gasteiger partial charge >= 0.3 is 0 Å². The number of allylic oxidation sites excluding steroid dienone is 1. The Hall–Kier alpha value is -2.17. The Balaban J connectivity index is 2.54. The van der Waals surface area contributed by atoms with Crippen LogP contribution >= 0.6 is 0 Å². The van der Waals surface area contributed by atoms with Crippen molar-refractivity contribution < 1.29 is 0 Å². The molecule has 0 radical (unpaired) electrons. The molecule has 20 heavy (non-hydrogen) atoms. The van der Waals surface area contributed by atoms with Gasteiger partial charge < -0.3 is 10.7 Å². The largest absolute Gasteiger partial charge is 0.368 e. The molecule has 0 aromatic carbocycles. The lowest BCUT2D eigenvalue weighted by Gasteiger charge is -2.16. The van der Waals surface area contributed by atoms with Gasteiger partial charge in [-0.05, 0) is 24.3 Å². The molecular weight excluding hydrogens is 252 g/mol. The summed E-state index contributed by atoms with van der Waals surface area (Å²) in [4.78, 5) is 22.7. The number of H-pyrrole nitrogens is 1. The van der Waals surface area contributed by atoms with E-state index in [1.54, 1.807) is 12.3 Å². The molecule has 2 heterocycles. The number of hydrogen-bond acceptors (Lipinski definition) is 4.